The number of nitrogens with one attached hydrogen (secondary N) is 1. The summed E-state index contributed by atoms with van der Waals surface area (Å²) in [6.45, 7) is 2.61. The molecule has 0 aliphatic carbocycles. The third-order valence-electron chi connectivity index (χ3n) is 3.04. The van der Waals surface area contributed by atoms with E-state index in [1.54, 1.807) is 12.4 Å². The predicted octanol–water partition coefficient (Wildman–Crippen LogP) is 1.61. The van der Waals surface area contributed by atoms with Gasteiger partial charge >= 0.3 is 0 Å². The lowest BCUT2D eigenvalue weighted by molar-refractivity contribution is -0.0818. The molecule has 2 aromatic heterocycles. The molecule has 1 unspecified atom stereocenters. The maximum atomic E-state index is 5.96. The molecule has 0 bridgehead atoms. The fourth-order valence-corrected chi connectivity index (χ4v) is 2.82. The van der Waals surface area contributed by atoms with Crippen molar-refractivity contribution in [2.24, 2.45) is 0 Å². The lowest BCUT2D eigenvalue weighted by atomic mass is 10.1. The summed E-state index contributed by atoms with van der Waals surface area (Å²) < 4.78 is 15.2. The fraction of sp³-hybridized carbons (Fsp3) is 0.385. The zero-order valence-electron chi connectivity index (χ0n) is 10.9. The van der Waals surface area contributed by atoms with Gasteiger partial charge in [0.15, 0.2) is 0 Å². The van der Waals surface area contributed by atoms with Gasteiger partial charge < -0.3 is 20.5 Å². The van der Waals surface area contributed by atoms with Gasteiger partial charge in [-0.15, -0.1) is 0 Å². The van der Waals surface area contributed by atoms with E-state index in [9.17, 15) is 0 Å². The second kappa shape index (κ2) is 6.17. The van der Waals surface area contributed by atoms with Gasteiger partial charge in [-0.3, -0.25) is 4.98 Å². The standard InChI is InChI=1S/C13H16N4O2S/c14-12-11(9-2-1-3-15-6-9)13(20-17-12)16-7-10-8-18-4-5-19-10/h1-3,6,10,16H,4-5,7-8H2,(H2,14,17). The molecule has 1 atom stereocenters. The molecule has 3 heterocycles. The van der Waals surface area contributed by atoms with Gasteiger partial charge in [0.05, 0.1) is 31.5 Å². The Balaban J connectivity index is 1.74. The molecule has 0 radical (unpaired) electrons. The number of anilines is 2. The number of nitrogens with zero attached hydrogens (tertiary/aromatic N) is 2. The molecule has 1 aliphatic heterocycles. The first kappa shape index (κ1) is 13.3. The molecular weight excluding hydrogens is 276 g/mol. The molecule has 2 aromatic rings. The lowest BCUT2D eigenvalue weighted by Gasteiger charge is -2.23. The minimum absolute atomic E-state index is 0.0637. The number of hydrogen-bond acceptors (Lipinski definition) is 7. The first-order valence-electron chi connectivity index (χ1n) is 6.43. The van der Waals surface area contributed by atoms with Crippen molar-refractivity contribution in [3.05, 3.63) is 24.5 Å². The Morgan fingerprint density at radius 1 is 1.45 bits per heavy atom. The Morgan fingerprint density at radius 3 is 3.15 bits per heavy atom. The highest BCUT2D eigenvalue weighted by molar-refractivity contribution is 7.11. The van der Waals surface area contributed by atoms with Gasteiger partial charge in [-0.25, -0.2) is 0 Å². The van der Waals surface area contributed by atoms with Gasteiger partial charge in [-0.1, -0.05) is 6.07 Å². The highest BCUT2D eigenvalue weighted by atomic mass is 32.1. The van der Waals surface area contributed by atoms with E-state index in [0.29, 0.717) is 32.2 Å². The molecule has 1 aliphatic rings. The monoisotopic (exact) mass is 292 g/mol. The van der Waals surface area contributed by atoms with Crippen LogP contribution in [0.2, 0.25) is 0 Å². The molecule has 3 N–H and O–H groups in total. The van der Waals surface area contributed by atoms with Crippen LogP contribution in [0.25, 0.3) is 11.1 Å². The highest BCUT2D eigenvalue weighted by Crippen LogP contribution is 2.36. The Labute approximate surface area is 121 Å². The van der Waals surface area contributed by atoms with E-state index in [4.69, 9.17) is 15.2 Å². The fourth-order valence-electron chi connectivity index (χ4n) is 2.07. The Bertz CT molecular complexity index is 555. The second-order valence-electron chi connectivity index (χ2n) is 4.46. The molecule has 0 saturated carbocycles. The van der Waals surface area contributed by atoms with Crippen LogP contribution in [0.5, 0.6) is 0 Å². The van der Waals surface area contributed by atoms with Crippen LogP contribution in [-0.2, 0) is 9.47 Å². The zero-order chi connectivity index (χ0) is 13.8. The minimum atomic E-state index is 0.0637. The molecular formula is C13H16N4O2S. The van der Waals surface area contributed by atoms with Crippen molar-refractivity contribution < 1.29 is 9.47 Å². The van der Waals surface area contributed by atoms with Crippen molar-refractivity contribution >= 4 is 22.4 Å². The number of nitrogen functional groups attached to an aromatic ring is 1. The van der Waals surface area contributed by atoms with Gasteiger partial charge in [0, 0.05) is 24.5 Å². The predicted molar refractivity (Wildman–Crippen MR) is 78.8 cm³/mol. The molecule has 6 nitrogen and oxygen atoms in total. The van der Waals surface area contributed by atoms with Crippen molar-refractivity contribution in [1.82, 2.24) is 9.36 Å². The second-order valence-corrected chi connectivity index (χ2v) is 5.24. The molecule has 1 fully saturated rings. The number of rotatable bonds is 4. The smallest absolute Gasteiger partial charge is 0.147 e. The van der Waals surface area contributed by atoms with Gasteiger partial charge in [0.1, 0.15) is 10.8 Å². The normalized spacial score (nSPS) is 18.9. The number of aromatic nitrogens is 2. The van der Waals surface area contributed by atoms with Crippen LogP contribution < -0.4 is 11.1 Å². The average molecular weight is 292 g/mol. The zero-order valence-corrected chi connectivity index (χ0v) is 11.7. The number of hydrogen-bond donors (Lipinski definition) is 2. The van der Waals surface area contributed by atoms with Crippen molar-refractivity contribution in [3.63, 3.8) is 0 Å². The molecule has 3 rings (SSSR count). The van der Waals surface area contributed by atoms with E-state index < -0.39 is 0 Å². The summed E-state index contributed by atoms with van der Waals surface area (Å²) in [5, 5.41) is 4.28. The summed E-state index contributed by atoms with van der Waals surface area (Å²) >= 11 is 1.35. The minimum Gasteiger partial charge on any atom is -0.382 e. The number of ether oxygens (including phenoxy) is 2. The average Bonchev–Trinajstić information content (AvgIpc) is 2.88. The van der Waals surface area contributed by atoms with Gasteiger partial charge in [-0.05, 0) is 17.6 Å². The molecule has 0 spiro atoms. The molecule has 1 saturated heterocycles. The van der Waals surface area contributed by atoms with Crippen molar-refractivity contribution in [2.75, 3.05) is 37.4 Å². The summed E-state index contributed by atoms with van der Waals surface area (Å²) in [5.74, 6) is 0.520. The summed E-state index contributed by atoms with van der Waals surface area (Å²) in [5.41, 5.74) is 7.82. The Kier molecular flexibility index (Phi) is 4.10. The highest BCUT2D eigenvalue weighted by Gasteiger charge is 2.17. The van der Waals surface area contributed by atoms with E-state index in [2.05, 4.69) is 14.7 Å². The Hall–Kier alpha value is -1.70. The van der Waals surface area contributed by atoms with E-state index in [-0.39, 0.29) is 6.10 Å². The molecule has 7 heteroatoms. The van der Waals surface area contributed by atoms with Crippen LogP contribution in [0.4, 0.5) is 10.8 Å². The molecule has 0 amide bonds. The van der Waals surface area contributed by atoms with E-state index in [0.717, 1.165) is 16.1 Å². The largest absolute Gasteiger partial charge is 0.382 e. The topological polar surface area (TPSA) is 82.3 Å². The summed E-state index contributed by atoms with van der Waals surface area (Å²) in [4.78, 5) is 4.12. The summed E-state index contributed by atoms with van der Waals surface area (Å²) in [7, 11) is 0. The van der Waals surface area contributed by atoms with Gasteiger partial charge in [0.2, 0.25) is 0 Å². The van der Waals surface area contributed by atoms with Gasteiger partial charge in [-0.2, -0.15) is 4.37 Å². The Morgan fingerprint density at radius 2 is 2.40 bits per heavy atom. The third kappa shape index (κ3) is 2.90. The van der Waals surface area contributed by atoms with E-state index >= 15 is 0 Å². The summed E-state index contributed by atoms with van der Waals surface area (Å²) in [6.07, 6.45) is 3.58. The van der Waals surface area contributed by atoms with Crippen molar-refractivity contribution in [3.8, 4) is 11.1 Å². The first-order chi connectivity index (χ1) is 9.84. The van der Waals surface area contributed by atoms with Crippen LogP contribution in [0.1, 0.15) is 0 Å². The van der Waals surface area contributed by atoms with Crippen LogP contribution >= 0.6 is 11.5 Å². The maximum Gasteiger partial charge on any atom is 0.147 e. The SMILES string of the molecule is Nc1nsc(NCC2COCCO2)c1-c1cccnc1. The van der Waals surface area contributed by atoms with Crippen molar-refractivity contribution in [2.45, 2.75) is 6.10 Å². The van der Waals surface area contributed by atoms with E-state index in [1.807, 2.05) is 12.1 Å². The van der Waals surface area contributed by atoms with Crippen LogP contribution in [0.15, 0.2) is 24.5 Å². The molecule has 20 heavy (non-hydrogen) atoms. The third-order valence-corrected chi connectivity index (χ3v) is 3.86. The van der Waals surface area contributed by atoms with E-state index in [1.165, 1.54) is 11.5 Å². The summed E-state index contributed by atoms with van der Waals surface area (Å²) in [6, 6.07) is 3.85. The molecule has 106 valence electrons. The first-order valence-corrected chi connectivity index (χ1v) is 7.20. The van der Waals surface area contributed by atoms with Crippen LogP contribution in [0.3, 0.4) is 0 Å². The lowest BCUT2D eigenvalue weighted by Crippen LogP contribution is -2.34. The molecule has 0 aromatic carbocycles. The van der Waals surface area contributed by atoms with Crippen molar-refractivity contribution in [1.29, 1.82) is 0 Å². The van der Waals surface area contributed by atoms with Crippen LogP contribution in [-0.4, -0.2) is 41.8 Å². The number of nitrogens with two attached hydrogens (primary N) is 1. The number of pyridine rings is 1. The quantitative estimate of drug-likeness (QED) is 0.891. The maximum absolute atomic E-state index is 5.96. The van der Waals surface area contributed by atoms with Gasteiger partial charge in [0.25, 0.3) is 0 Å². The van der Waals surface area contributed by atoms with Crippen LogP contribution in [0, 0.1) is 0 Å².